The number of esters is 1. The summed E-state index contributed by atoms with van der Waals surface area (Å²) in [6, 6.07) is 10.9. The fraction of sp³-hybridized carbons (Fsp3) is 0.125. The second-order valence-electron chi connectivity index (χ2n) is 4.86. The van der Waals surface area contributed by atoms with Crippen molar-refractivity contribution in [2.45, 2.75) is 6.92 Å². The van der Waals surface area contributed by atoms with E-state index in [1.165, 1.54) is 7.11 Å². The Morgan fingerprint density at radius 1 is 1.14 bits per heavy atom. The number of thiophene rings is 1. The molecule has 5 nitrogen and oxygen atoms in total. The maximum absolute atomic E-state index is 12.2. The zero-order chi connectivity index (χ0) is 15.7. The van der Waals surface area contributed by atoms with Crippen molar-refractivity contribution in [2.75, 3.05) is 12.4 Å². The maximum atomic E-state index is 12.2. The average molecular weight is 314 g/mol. The van der Waals surface area contributed by atoms with Crippen molar-refractivity contribution in [1.82, 2.24) is 4.98 Å². The zero-order valence-electron chi connectivity index (χ0n) is 12.1. The van der Waals surface area contributed by atoms with Crippen LogP contribution < -0.4 is 5.32 Å². The van der Waals surface area contributed by atoms with Crippen LogP contribution in [0.3, 0.4) is 0 Å². The highest BCUT2D eigenvalue weighted by Gasteiger charge is 2.14. The van der Waals surface area contributed by atoms with Gasteiger partial charge in [0.05, 0.1) is 12.0 Å². The number of carbonyl (C=O) groups is 2. The van der Waals surface area contributed by atoms with E-state index in [0.717, 1.165) is 27.9 Å². The molecule has 0 aliphatic heterocycles. The smallest absolute Gasteiger partial charge is 0.348 e. The van der Waals surface area contributed by atoms with Crippen LogP contribution in [0.15, 0.2) is 36.4 Å². The van der Waals surface area contributed by atoms with Crippen molar-refractivity contribution in [3.05, 3.63) is 51.8 Å². The van der Waals surface area contributed by atoms with Crippen LogP contribution >= 0.6 is 11.3 Å². The number of aryl methyl sites for hydroxylation is 1. The van der Waals surface area contributed by atoms with E-state index in [1.807, 2.05) is 31.2 Å². The van der Waals surface area contributed by atoms with E-state index >= 15 is 0 Å². The van der Waals surface area contributed by atoms with Gasteiger partial charge in [0.1, 0.15) is 4.88 Å². The van der Waals surface area contributed by atoms with Crippen molar-refractivity contribution in [3.8, 4) is 0 Å². The minimum Gasteiger partial charge on any atom is -0.465 e. The molecule has 0 fully saturated rings. The third-order valence-electron chi connectivity index (χ3n) is 3.23. The van der Waals surface area contributed by atoms with E-state index in [0.29, 0.717) is 15.4 Å². The molecule has 112 valence electrons. The van der Waals surface area contributed by atoms with E-state index in [2.05, 4.69) is 15.0 Å². The minimum absolute atomic E-state index is 0.244. The number of hydrogen-bond acceptors (Lipinski definition) is 4. The van der Waals surface area contributed by atoms with E-state index in [-0.39, 0.29) is 5.91 Å². The summed E-state index contributed by atoms with van der Waals surface area (Å²) in [5, 5.41) is 3.87. The summed E-state index contributed by atoms with van der Waals surface area (Å²) < 4.78 is 4.63. The summed E-state index contributed by atoms with van der Waals surface area (Å²) in [6.45, 7) is 1.98. The van der Waals surface area contributed by atoms with Crippen LogP contribution in [0.4, 0.5) is 5.69 Å². The molecule has 0 aliphatic carbocycles. The molecular weight excluding hydrogens is 300 g/mol. The summed E-state index contributed by atoms with van der Waals surface area (Å²) in [5.74, 6) is -0.681. The Bertz CT molecular complexity index is 863. The molecule has 0 saturated heterocycles. The number of aromatic nitrogens is 1. The Hall–Kier alpha value is -2.60. The Morgan fingerprint density at radius 2 is 1.91 bits per heavy atom. The zero-order valence-corrected chi connectivity index (χ0v) is 12.9. The quantitative estimate of drug-likeness (QED) is 0.726. The van der Waals surface area contributed by atoms with Gasteiger partial charge in [-0.05, 0) is 43.3 Å². The molecule has 1 amide bonds. The Labute approximate surface area is 130 Å². The molecule has 3 aromatic rings. The van der Waals surface area contributed by atoms with E-state index in [1.54, 1.807) is 12.1 Å². The fourth-order valence-electron chi connectivity index (χ4n) is 2.22. The van der Waals surface area contributed by atoms with Gasteiger partial charge in [0, 0.05) is 22.3 Å². The van der Waals surface area contributed by atoms with E-state index in [9.17, 15) is 9.59 Å². The second kappa shape index (κ2) is 5.65. The van der Waals surface area contributed by atoms with Crippen LogP contribution in [0.5, 0.6) is 0 Å². The lowest BCUT2D eigenvalue weighted by molar-refractivity contribution is 0.0606. The van der Waals surface area contributed by atoms with Crippen LogP contribution in [-0.4, -0.2) is 24.0 Å². The fourth-order valence-corrected chi connectivity index (χ4v) is 3.04. The van der Waals surface area contributed by atoms with Crippen molar-refractivity contribution >= 4 is 39.8 Å². The first-order chi connectivity index (χ1) is 10.6. The average Bonchev–Trinajstić information content (AvgIpc) is 3.11. The molecule has 0 bridgehead atoms. The lowest BCUT2D eigenvalue weighted by Gasteiger charge is -2.03. The number of aromatic amines is 1. The maximum Gasteiger partial charge on any atom is 0.348 e. The molecular formula is C16H14N2O3S. The molecule has 1 aromatic carbocycles. The van der Waals surface area contributed by atoms with Gasteiger partial charge in [0.2, 0.25) is 0 Å². The first-order valence-corrected chi connectivity index (χ1v) is 7.47. The van der Waals surface area contributed by atoms with Gasteiger partial charge in [0.15, 0.2) is 0 Å². The van der Waals surface area contributed by atoms with E-state index in [4.69, 9.17) is 0 Å². The lowest BCUT2D eigenvalue weighted by Crippen LogP contribution is -2.09. The molecule has 0 atom stereocenters. The minimum atomic E-state index is -0.437. The van der Waals surface area contributed by atoms with Crippen LogP contribution in [-0.2, 0) is 4.74 Å². The van der Waals surface area contributed by atoms with Gasteiger partial charge in [-0.25, -0.2) is 4.79 Å². The second-order valence-corrected chi connectivity index (χ2v) is 5.95. The first kappa shape index (κ1) is 14.3. The predicted octanol–water partition coefficient (Wildman–Crippen LogP) is 3.58. The summed E-state index contributed by atoms with van der Waals surface area (Å²) in [4.78, 5) is 27.7. The number of fused-ring (bicyclic) bond motifs is 1. The molecule has 2 N–H and O–H groups in total. The molecule has 3 rings (SSSR count). The van der Waals surface area contributed by atoms with Crippen molar-refractivity contribution in [1.29, 1.82) is 0 Å². The number of rotatable bonds is 3. The molecule has 0 unspecified atom stereocenters. The normalized spacial score (nSPS) is 10.6. The largest absolute Gasteiger partial charge is 0.465 e. The molecule has 0 aliphatic rings. The Morgan fingerprint density at radius 3 is 2.68 bits per heavy atom. The van der Waals surface area contributed by atoms with Gasteiger partial charge in [-0.3, -0.25) is 4.79 Å². The van der Waals surface area contributed by atoms with Crippen molar-refractivity contribution < 1.29 is 14.3 Å². The van der Waals surface area contributed by atoms with Crippen molar-refractivity contribution in [3.63, 3.8) is 0 Å². The van der Waals surface area contributed by atoms with Gasteiger partial charge in [-0.15, -0.1) is 11.3 Å². The summed E-state index contributed by atoms with van der Waals surface area (Å²) in [5.41, 5.74) is 2.81. The number of H-pyrrole nitrogens is 1. The first-order valence-electron chi connectivity index (χ1n) is 6.65. The number of benzene rings is 1. The van der Waals surface area contributed by atoms with Crippen LogP contribution in [0.25, 0.3) is 10.9 Å². The lowest BCUT2D eigenvalue weighted by atomic mass is 10.2. The summed E-state index contributed by atoms with van der Waals surface area (Å²) in [6.07, 6.45) is 0. The molecule has 0 spiro atoms. The molecule has 22 heavy (non-hydrogen) atoms. The number of amides is 1. The molecule has 0 saturated carbocycles. The Balaban J connectivity index is 1.80. The summed E-state index contributed by atoms with van der Waals surface area (Å²) in [7, 11) is 1.32. The highest BCUT2D eigenvalue weighted by molar-refractivity contribution is 7.16. The molecule has 6 heteroatoms. The third kappa shape index (κ3) is 2.73. The Kier molecular flexibility index (Phi) is 3.68. The van der Waals surface area contributed by atoms with Crippen LogP contribution in [0.1, 0.15) is 25.0 Å². The monoisotopic (exact) mass is 314 g/mol. The van der Waals surface area contributed by atoms with Crippen LogP contribution in [0.2, 0.25) is 0 Å². The number of anilines is 1. The molecule has 2 aromatic heterocycles. The topological polar surface area (TPSA) is 71.2 Å². The van der Waals surface area contributed by atoms with Gasteiger partial charge in [-0.1, -0.05) is 0 Å². The number of ether oxygens (including phenoxy) is 1. The third-order valence-corrected chi connectivity index (χ3v) is 4.29. The molecule has 0 radical (unpaired) electrons. The van der Waals surface area contributed by atoms with Crippen molar-refractivity contribution in [2.24, 2.45) is 0 Å². The van der Waals surface area contributed by atoms with Gasteiger partial charge in [-0.2, -0.15) is 0 Å². The van der Waals surface area contributed by atoms with Gasteiger partial charge in [0.25, 0.3) is 5.91 Å². The number of hydrogen-bond donors (Lipinski definition) is 2. The predicted molar refractivity (Wildman–Crippen MR) is 86.6 cm³/mol. The number of carbonyl (C=O) groups excluding carboxylic acids is 2. The van der Waals surface area contributed by atoms with Gasteiger partial charge >= 0.3 is 5.97 Å². The molecule has 2 heterocycles. The highest BCUT2D eigenvalue weighted by atomic mass is 32.1. The number of nitrogens with one attached hydrogen (secondary N) is 2. The van der Waals surface area contributed by atoms with E-state index < -0.39 is 5.97 Å². The summed E-state index contributed by atoms with van der Waals surface area (Å²) >= 11 is 1.11. The van der Waals surface area contributed by atoms with Gasteiger partial charge < -0.3 is 15.0 Å². The SMILES string of the molecule is COC(=O)c1ccc(C(=O)Nc2ccc3[nH]c(C)cc3c2)s1. The standard InChI is InChI=1S/C16H14N2O3S/c1-9-7-10-8-11(3-4-12(10)17-9)18-15(19)13-5-6-14(22-13)16(20)21-2/h3-8,17H,1-2H3,(H,18,19). The van der Waals surface area contributed by atoms with Crippen LogP contribution in [0, 0.1) is 6.92 Å². The number of methoxy groups -OCH3 is 1. The highest BCUT2D eigenvalue weighted by Crippen LogP contribution is 2.22.